The standard InChI is InChI=1S/C42H49ClF3N7O6/c43-32-25-27(24-31(36(32)47)42(44,45)46)26-35(59-41(57)53-16-12-28(13-17-53)37-38(54)49-34-7-3-2-6-33(34)48-37)39(55)52-20-18-51(19-21-52)30-10-8-29(9-11-30)40(56)58-23-22-50-14-4-1-5-15-50/h2-3,6-11,24-25,28,35,37,48H,1,4-5,12-23,26,47H2,(H,49,54)/t35-,37?/m1/s1. The molecule has 0 spiro atoms. The number of nitrogens with two attached hydrogens (primary N) is 1. The van der Waals surface area contributed by atoms with Gasteiger partial charge in [-0.1, -0.05) is 30.2 Å². The van der Waals surface area contributed by atoms with Gasteiger partial charge in [-0.25, -0.2) is 9.59 Å². The van der Waals surface area contributed by atoms with Crippen molar-refractivity contribution >= 4 is 58.2 Å². The Kier molecular flexibility index (Phi) is 13.0. The van der Waals surface area contributed by atoms with E-state index in [-0.39, 0.29) is 55.0 Å². The predicted octanol–water partition coefficient (Wildman–Crippen LogP) is 6.13. The van der Waals surface area contributed by atoms with Crippen LogP contribution in [0.25, 0.3) is 0 Å². The highest BCUT2D eigenvalue weighted by molar-refractivity contribution is 6.33. The van der Waals surface area contributed by atoms with Crippen molar-refractivity contribution in [2.45, 2.75) is 56.8 Å². The van der Waals surface area contributed by atoms with E-state index in [1.807, 2.05) is 36.4 Å². The first-order chi connectivity index (χ1) is 28.3. The van der Waals surface area contributed by atoms with Crippen LogP contribution in [0, 0.1) is 5.92 Å². The van der Waals surface area contributed by atoms with Crippen molar-refractivity contribution in [2.24, 2.45) is 5.92 Å². The van der Waals surface area contributed by atoms with Crippen molar-refractivity contribution < 1.29 is 41.8 Å². The number of piperidine rings is 2. The van der Waals surface area contributed by atoms with E-state index in [9.17, 15) is 32.3 Å². The van der Waals surface area contributed by atoms with E-state index in [0.29, 0.717) is 50.3 Å². The number of nitrogens with one attached hydrogen (secondary N) is 2. The highest BCUT2D eigenvalue weighted by Gasteiger charge is 2.39. The summed E-state index contributed by atoms with van der Waals surface area (Å²) in [4.78, 5) is 60.7. The average Bonchev–Trinajstić information content (AvgIpc) is 3.24. The van der Waals surface area contributed by atoms with Crippen LogP contribution in [0.5, 0.6) is 0 Å². The molecule has 316 valence electrons. The number of para-hydroxylation sites is 2. The van der Waals surface area contributed by atoms with E-state index < -0.39 is 47.5 Å². The first-order valence-corrected chi connectivity index (χ1v) is 20.5. The fourth-order valence-corrected chi connectivity index (χ4v) is 8.50. The minimum Gasteiger partial charge on any atom is -0.461 e. The number of hydrogen-bond acceptors (Lipinski definition) is 10. The number of halogens is 4. The molecule has 13 nitrogen and oxygen atoms in total. The van der Waals surface area contributed by atoms with E-state index in [1.165, 1.54) is 22.3 Å². The molecule has 4 N–H and O–H groups in total. The van der Waals surface area contributed by atoms with Gasteiger partial charge in [0.1, 0.15) is 12.6 Å². The number of carbonyl (C=O) groups is 4. The van der Waals surface area contributed by atoms with Gasteiger partial charge in [-0.15, -0.1) is 0 Å². The molecule has 17 heteroatoms. The van der Waals surface area contributed by atoms with Crippen molar-refractivity contribution in [3.63, 3.8) is 0 Å². The van der Waals surface area contributed by atoms with Crippen molar-refractivity contribution in [3.05, 3.63) is 82.4 Å². The number of esters is 1. The Morgan fingerprint density at radius 2 is 1.54 bits per heavy atom. The lowest BCUT2D eigenvalue weighted by atomic mass is 9.87. The largest absolute Gasteiger partial charge is 0.461 e. The number of ether oxygens (including phenoxy) is 2. The molecule has 3 aromatic carbocycles. The SMILES string of the molecule is Nc1c(Cl)cc(C[C@@H](OC(=O)N2CCC(C3Nc4ccccc4NC3=O)CC2)C(=O)N2CCN(c3ccc(C(=O)OCCN4CCCCC4)cc3)CC2)cc1C(F)(F)F. The predicted molar refractivity (Wildman–Crippen MR) is 217 cm³/mol. The van der Waals surface area contributed by atoms with Gasteiger partial charge in [0, 0.05) is 57.9 Å². The molecule has 3 saturated heterocycles. The number of amides is 3. The fraction of sp³-hybridized carbons (Fsp3) is 0.476. The Morgan fingerprint density at radius 3 is 2.22 bits per heavy atom. The van der Waals surface area contributed by atoms with E-state index in [1.54, 1.807) is 12.1 Å². The Balaban J connectivity index is 0.975. The Bertz CT molecular complexity index is 2000. The zero-order valence-corrected chi connectivity index (χ0v) is 33.4. The maximum absolute atomic E-state index is 14.1. The summed E-state index contributed by atoms with van der Waals surface area (Å²) >= 11 is 6.13. The number of nitrogen functional groups attached to an aromatic ring is 1. The zero-order valence-electron chi connectivity index (χ0n) is 32.6. The monoisotopic (exact) mass is 839 g/mol. The molecule has 4 aliphatic rings. The molecule has 4 heterocycles. The number of anilines is 4. The minimum atomic E-state index is -4.81. The molecule has 59 heavy (non-hydrogen) atoms. The lowest BCUT2D eigenvalue weighted by Crippen LogP contribution is -2.53. The second-order valence-electron chi connectivity index (χ2n) is 15.5. The molecule has 0 radical (unpaired) electrons. The Morgan fingerprint density at radius 1 is 0.864 bits per heavy atom. The first kappa shape index (κ1) is 41.9. The second kappa shape index (κ2) is 18.4. The summed E-state index contributed by atoms with van der Waals surface area (Å²) in [5, 5.41) is 5.91. The van der Waals surface area contributed by atoms with Crippen molar-refractivity contribution in [3.8, 4) is 0 Å². The topological polar surface area (TPSA) is 150 Å². The van der Waals surface area contributed by atoms with Crippen molar-refractivity contribution in [1.82, 2.24) is 14.7 Å². The summed E-state index contributed by atoms with van der Waals surface area (Å²) in [6.07, 6.45) is -2.91. The maximum atomic E-state index is 14.1. The van der Waals surface area contributed by atoms with Gasteiger partial charge in [0.25, 0.3) is 5.91 Å². The molecule has 0 aliphatic carbocycles. The molecule has 3 fully saturated rings. The average molecular weight is 840 g/mol. The second-order valence-corrected chi connectivity index (χ2v) is 15.9. The van der Waals surface area contributed by atoms with Crippen LogP contribution >= 0.6 is 11.6 Å². The molecule has 0 bridgehead atoms. The molecule has 0 aromatic heterocycles. The fourth-order valence-electron chi connectivity index (χ4n) is 8.26. The number of hydrogen-bond donors (Lipinski definition) is 3. The number of likely N-dealkylation sites (tertiary alicyclic amines) is 2. The maximum Gasteiger partial charge on any atom is 0.418 e. The van der Waals surface area contributed by atoms with Gasteiger partial charge in [-0.3, -0.25) is 14.5 Å². The van der Waals surface area contributed by atoms with Crippen LogP contribution in [-0.2, 0) is 31.7 Å². The molecular formula is C42H49ClF3N7O6. The summed E-state index contributed by atoms with van der Waals surface area (Å²) in [5.41, 5.74) is 6.71. The third-order valence-corrected chi connectivity index (χ3v) is 11.9. The third kappa shape index (κ3) is 10.2. The number of fused-ring (bicyclic) bond motifs is 1. The van der Waals surface area contributed by atoms with Gasteiger partial charge >= 0.3 is 18.2 Å². The summed E-state index contributed by atoms with van der Waals surface area (Å²) in [6, 6.07) is 16.0. The van der Waals surface area contributed by atoms with Gasteiger partial charge in [0.15, 0.2) is 6.10 Å². The highest BCUT2D eigenvalue weighted by Crippen LogP contribution is 2.38. The lowest BCUT2D eigenvalue weighted by molar-refractivity contribution is -0.141. The smallest absolute Gasteiger partial charge is 0.418 e. The van der Waals surface area contributed by atoms with E-state index in [0.717, 1.165) is 43.4 Å². The molecular weight excluding hydrogens is 791 g/mol. The summed E-state index contributed by atoms with van der Waals surface area (Å²) in [7, 11) is 0. The molecule has 7 rings (SSSR count). The molecule has 4 aliphatic heterocycles. The Labute approximate surface area is 345 Å². The van der Waals surface area contributed by atoms with Crippen LogP contribution < -0.4 is 21.3 Å². The van der Waals surface area contributed by atoms with Gasteiger partial charge in [0.05, 0.1) is 33.2 Å². The molecule has 2 atom stereocenters. The Hall–Kier alpha value is -5.22. The lowest BCUT2D eigenvalue weighted by Gasteiger charge is -2.39. The van der Waals surface area contributed by atoms with Crippen LogP contribution in [0.1, 0.15) is 53.6 Å². The van der Waals surface area contributed by atoms with Crippen molar-refractivity contribution in [2.75, 3.05) is 86.8 Å². The number of benzene rings is 3. The van der Waals surface area contributed by atoms with Gasteiger partial charge in [-0.2, -0.15) is 13.2 Å². The van der Waals surface area contributed by atoms with Gasteiger partial charge in [0.2, 0.25) is 5.91 Å². The van der Waals surface area contributed by atoms with Crippen LogP contribution in [0.15, 0.2) is 60.7 Å². The molecule has 3 amide bonds. The van der Waals surface area contributed by atoms with Crippen LogP contribution in [0.3, 0.4) is 0 Å². The first-order valence-electron chi connectivity index (χ1n) is 20.1. The number of piperazine rings is 1. The number of carbonyl (C=O) groups excluding carboxylic acids is 4. The molecule has 0 saturated carbocycles. The normalized spacial score (nSPS) is 19.6. The van der Waals surface area contributed by atoms with Crippen LogP contribution in [-0.4, -0.2) is 116 Å². The quantitative estimate of drug-likeness (QED) is 0.161. The van der Waals surface area contributed by atoms with E-state index in [2.05, 4.69) is 20.4 Å². The van der Waals surface area contributed by atoms with Gasteiger partial charge in [-0.05, 0) is 98.8 Å². The number of alkyl halides is 3. The zero-order chi connectivity index (χ0) is 41.7. The molecule has 3 aromatic rings. The number of nitrogens with zero attached hydrogens (tertiary/aromatic N) is 4. The summed E-state index contributed by atoms with van der Waals surface area (Å²) in [6.45, 7) is 4.90. The summed E-state index contributed by atoms with van der Waals surface area (Å²) < 4.78 is 53.0. The summed E-state index contributed by atoms with van der Waals surface area (Å²) in [5.74, 6) is -1.19. The number of rotatable bonds is 10. The van der Waals surface area contributed by atoms with Crippen LogP contribution in [0.2, 0.25) is 5.02 Å². The third-order valence-electron chi connectivity index (χ3n) is 11.6. The minimum absolute atomic E-state index is 0.0276. The van der Waals surface area contributed by atoms with Crippen LogP contribution in [0.4, 0.5) is 40.7 Å². The van der Waals surface area contributed by atoms with E-state index in [4.69, 9.17) is 26.8 Å². The van der Waals surface area contributed by atoms with Gasteiger partial charge < -0.3 is 40.5 Å². The van der Waals surface area contributed by atoms with E-state index >= 15 is 0 Å². The van der Waals surface area contributed by atoms with Crippen molar-refractivity contribution in [1.29, 1.82) is 0 Å². The molecule has 1 unspecified atom stereocenters. The highest BCUT2D eigenvalue weighted by atomic mass is 35.5.